The third kappa shape index (κ3) is 5.08. The Morgan fingerprint density at radius 1 is 1.00 bits per heavy atom. The lowest BCUT2D eigenvalue weighted by Crippen LogP contribution is -2.49. The Bertz CT molecular complexity index is 1450. The first-order valence-electron chi connectivity index (χ1n) is 13.0. The number of ether oxygens (including phenoxy) is 2. The standard InChI is InChI=1S/C28H35N7O3/c1-6-38-22-11-12-24-19(17-22)18-23(27(36)29-24)25(26-30-31-32-35(26)28(2,3)4)34-15-13-33(14-16-34)20-7-9-21(37-5)10-8-20/h7-12,17-18,25H,6,13-16H2,1-5H3,(H,29,36)/t25-/m0/s1. The summed E-state index contributed by atoms with van der Waals surface area (Å²) in [4.78, 5) is 21.2. The second-order valence-corrected chi connectivity index (χ2v) is 10.5. The van der Waals surface area contributed by atoms with Crippen LogP contribution >= 0.6 is 0 Å². The molecule has 1 saturated heterocycles. The van der Waals surface area contributed by atoms with Crippen molar-refractivity contribution in [3.8, 4) is 11.5 Å². The van der Waals surface area contributed by atoms with Crippen LogP contribution in [0.2, 0.25) is 0 Å². The number of fused-ring (bicyclic) bond motifs is 1. The van der Waals surface area contributed by atoms with Gasteiger partial charge in [-0.25, -0.2) is 4.68 Å². The van der Waals surface area contributed by atoms with Crippen molar-refractivity contribution in [1.29, 1.82) is 0 Å². The van der Waals surface area contributed by atoms with E-state index in [1.54, 1.807) is 7.11 Å². The van der Waals surface area contributed by atoms with Gasteiger partial charge in [0, 0.05) is 48.3 Å². The number of anilines is 1. The van der Waals surface area contributed by atoms with Crippen LogP contribution in [0.5, 0.6) is 11.5 Å². The highest BCUT2D eigenvalue weighted by atomic mass is 16.5. The number of rotatable bonds is 7. The molecule has 2 aromatic heterocycles. The van der Waals surface area contributed by atoms with Crippen molar-refractivity contribution in [3.63, 3.8) is 0 Å². The molecule has 1 fully saturated rings. The number of H-pyrrole nitrogens is 1. The zero-order valence-corrected chi connectivity index (χ0v) is 22.6. The number of pyridine rings is 1. The molecule has 3 heterocycles. The summed E-state index contributed by atoms with van der Waals surface area (Å²) in [7, 11) is 1.67. The Morgan fingerprint density at radius 2 is 1.71 bits per heavy atom. The van der Waals surface area contributed by atoms with E-state index in [4.69, 9.17) is 9.47 Å². The first-order valence-corrected chi connectivity index (χ1v) is 13.0. The van der Waals surface area contributed by atoms with Gasteiger partial charge in [-0.15, -0.1) is 5.10 Å². The second-order valence-electron chi connectivity index (χ2n) is 10.5. The zero-order valence-electron chi connectivity index (χ0n) is 22.6. The first kappa shape index (κ1) is 25.7. The summed E-state index contributed by atoms with van der Waals surface area (Å²) in [5.41, 5.74) is 2.03. The van der Waals surface area contributed by atoms with Crippen molar-refractivity contribution in [1.82, 2.24) is 30.1 Å². The zero-order chi connectivity index (χ0) is 26.9. The molecular formula is C28H35N7O3. The molecule has 0 amide bonds. The van der Waals surface area contributed by atoms with Crippen LogP contribution in [0.3, 0.4) is 0 Å². The minimum atomic E-state index is -0.411. The number of methoxy groups -OCH3 is 1. The highest BCUT2D eigenvalue weighted by molar-refractivity contribution is 5.80. The number of hydrogen-bond donors (Lipinski definition) is 1. The molecule has 1 aliphatic rings. The Labute approximate surface area is 222 Å². The van der Waals surface area contributed by atoms with Gasteiger partial charge in [0.25, 0.3) is 5.56 Å². The van der Waals surface area contributed by atoms with Crippen molar-refractivity contribution in [2.45, 2.75) is 39.3 Å². The van der Waals surface area contributed by atoms with Crippen LogP contribution in [0.15, 0.2) is 53.3 Å². The Kier molecular flexibility index (Phi) is 7.07. The maximum atomic E-state index is 13.5. The predicted octanol–water partition coefficient (Wildman–Crippen LogP) is 3.59. The smallest absolute Gasteiger partial charge is 0.253 e. The number of tetrazole rings is 1. The lowest BCUT2D eigenvalue weighted by molar-refractivity contribution is 0.190. The van der Waals surface area contributed by atoms with Gasteiger partial charge < -0.3 is 19.4 Å². The van der Waals surface area contributed by atoms with Gasteiger partial charge in [-0.2, -0.15) is 0 Å². The van der Waals surface area contributed by atoms with Crippen LogP contribution in [0.25, 0.3) is 10.9 Å². The molecule has 0 unspecified atom stereocenters. The molecular weight excluding hydrogens is 482 g/mol. The van der Waals surface area contributed by atoms with Crippen LogP contribution in [0.4, 0.5) is 5.69 Å². The first-order chi connectivity index (χ1) is 18.3. The summed E-state index contributed by atoms with van der Waals surface area (Å²) in [5, 5.41) is 13.7. The van der Waals surface area contributed by atoms with Crippen molar-refractivity contribution in [3.05, 3.63) is 70.3 Å². The normalized spacial score (nSPS) is 15.6. The van der Waals surface area contributed by atoms with E-state index in [-0.39, 0.29) is 11.1 Å². The van der Waals surface area contributed by atoms with Gasteiger partial charge in [0.15, 0.2) is 5.82 Å². The predicted molar refractivity (Wildman–Crippen MR) is 147 cm³/mol. The summed E-state index contributed by atoms with van der Waals surface area (Å²) < 4.78 is 12.8. The highest BCUT2D eigenvalue weighted by Crippen LogP contribution is 2.31. The maximum absolute atomic E-state index is 13.5. The molecule has 0 bridgehead atoms. The third-order valence-corrected chi connectivity index (χ3v) is 6.94. The second kappa shape index (κ2) is 10.4. The van der Waals surface area contributed by atoms with Crippen molar-refractivity contribution < 1.29 is 9.47 Å². The summed E-state index contributed by atoms with van der Waals surface area (Å²) in [5.74, 6) is 2.26. The third-order valence-electron chi connectivity index (χ3n) is 6.94. The molecule has 0 radical (unpaired) electrons. The fourth-order valence-electron chi connectivity index (χ4n) is 5.03. The van der Waals surface area contributed by atoms with Gasteiger partial charge in [0.05, 0.1) is 19.3 Å². The molecule has 0 spiro atoms. The average Bonchev–Trinajstić information content (AvgIpc) is 3.40. The number of nitrogens with zero attached hydrogens (tertiary/aromatic N) is 6. The minimum absolute atomic E-state index is 0.146. The summed E-state index contributed by atoms with van der Waals surface area (Å²) in [6.45, 7) is 11.8. The maximum Gasteiger partial charge on any atom is 0.253 e. The van der Waals surface area contributed by atoms with E-state index in [9.17, 15) is 4.79 Å². The quantitative estimate of drug-likeness (QED) is 0.397. The average molecular weight is 518 g/mol. The minimum Gasteiger partial charge on any atom is -0.497 e. The van der Waals surface area contributed by atoms with E-state index in [0.717, 1.165) is 54.3 Å². The van der Waals surface area contributed by atoms with Crippen molar-refractivity contribution >= 4 is 16.6 Å². The monoisotopic (exact) mass is 517 g/mol. The molecule has 4 aromatic rings. The fraction of sp³-hybridized carbons (Fsp3) is 0.429. The van der Waals surface area contributed by atoms with Gasteiger partial charge in [-0.1, -0.05) is 0 Å². The van der Waals surface area contributed by atoms with Gasteiger partial charge in [0.1, 0.15) is 17.5 Å². The summed E-state index contributed by atoms with van der Waals surface area (Å²) in [6, 6.07) is 15.4. The largest absolute Gasteiger partial charge is 0.497 e. The molecule has 1 aliphatic heterocycles. The van der Waals surface area contributed by atoms with E-state index in [2.05, 4.69) is 63.2 Å². The van der Waals surface area contributed by atoms with E-state index >= 15 is 0 Å². The summed E-state index contributed by atoms with van der Waals surface area (Å²) >= 11 is 0. The van der Waals surface area contributed by atoms with Gasteiger partial charge in [-0.3, -0.25) is 9.69 Å². The molecule has 2 aromatic carbocycles. The fourth-order valence-corrected chi connectivity index (χ4v) is 5.03. The van der Waals surface area contributed by atoms with E-state index in [1.807, 2.05) is 48.0 Å². The number of aromatic nitrogens is 5. The van der Waals surface area contributed by atoms with Crippen LogP contribution in [-0.2, 0) is 5.54 Å². The number of piperazine rings is 1. The lowest BCUT2D eigenvalue weighted by atomic mass is 10.0. The molecule has 1 atom stereocenters. The SMILES string of the molecule is CCOc1ccc2[nH]c(=O)c([C@@H](c3nnnn3C(C)(C)C)N3CCN(c4ccc(OC)cc4)CC3)cc2c1. The summed E-state index contributed by atoms with van der Waals surface area (Å²) in [6.07, 6.45) is 0. The molecule has 1 N–H and O–H groups in total. The molecule has 200 valence electrons. The number of benzene rings is 2. The molecule has 5 rings (SSSR count). The van der Waals surface area contributed by atoms with E-state index < -0.39 is 6.04 Å². The lowest BCUT2D eigenvalue weighted by Gasteiger charge is -2.40. The molecule has 0 saturated carbocycles. The van der Waals surface area contributed by atoms with E-state index in [1.165, 1.54) is 0 Å². The van der Waals surface area contributed by atoms with Gasteiger partial charge in [0.2, 0.25) is 0 Å². The number of nitrogens with one attached hydrogen (secondary N) is 1. The number of hydrogen-bond acceptors (Lipinski definition) is 8. The van der Waals surface area contributed by atoms with Gasteiger partial charge in [-0.05, 0) is 86.7 Å². The van der Waals surface area contributed by atoms with Crippen molar-refractivity contribution in [2.75, 3.05) is 44.8 Å². The molecule has 10 heteroatoms. The van der Waals surface area contributed by atoms with Crippen molar-refractivity contribution in [2.24, 2.45) is 0 Å². The van der Waals surface area contributed by atoms with E-state index in [0.29, 0.717) is 18.0 Å². The number of aromatic amines is 1. The molecule has 0 aliphatic carbocycles. The molecule has 10 nitrogen and oxygen atoms in total. The van der Waals surface area contributed by atoms with Gasteiger partial charge >= 0.3 is 0 Å². The Morgan fingerprint density at radius 3 is 2.37 bits per heavy atom. The Balaban J connectivity index is 1.53. The van der Waals surface area contributed by atoms with Crippen LogP contribution in [0.1, 0.15) is 45.1 Å². The molecule has 38 heavy (non-hydrogen) atoms. The van der Waals surface area contributed by atoms with Crippen LogP contribution in [-0.4, -0.2) is 70.0 Å². The van der Waals surface area contributed by atoms with Crippen LogP contribution in [0, 0.1) is 0 Å². The topological polar surface area (TPSA) is 101 Å². The highest BCUT2D eigenvalue weighted by Gasteiger charge is 2.35. The Hall–Kier alpha value is -3.92. The van der Waals surface area contributed by atoms with Crippen LogP contribution < -0.4 is 19.9 Å².